The number of hydrogen-bond donors (Lipinski definition) is 6. The molecule has 0 saturated heterocycles. The van der Waals surface area contributed by atoms with Crippen LogP contribution in [0.15, 0.2) is 4.52 Å². The van der Waals surface area contributed by atoms with Crippen LogP contribution in [0.5, 0.6) is 0 Å². The molecule has 0 aliphatic rings. The molecule has 0 aliphatic heterocycles. The molecule has 1 heterocycles. The Balaban J connectivity index is 2.89. The van der Waals surface area contributed by atoms with Crippen molar-refractivity contribution in [2.75, 3.05) is 6.61 Å². The summed E-state index contributed by atoms with van der Waals surface area (Å²) in [7, 11) is 0. The molecule has 0 saturated carbocycles. The van der Waals surface area contributed by atoms with Crippen LogP contribution >= 0.6 is 0 Å². The number of carbonyl (C=O) groups is 3. The lowest BCUT2D eigenvalue weighted by Gasteiger charge is -2.20. The molecule has 0 aromatic carbocycles. The number of aliphatic hydroxyl groups is 2. The lowest BCUT2D eigenvalue weighted by atomic mass is 10.1. The second kappa shape index (κ2) is 9.05. The summed E-state index contributed by atoms with van der Waals surface area (Å²) in [6, 6.07) is -3.95. The third-order valence-electron chi connectivity index (χ3n) is 3.20. The van der Waals surface area contributed by atoms with Crippen molar-refractivity contribution >= 4 is 17.7 Å². The Labute approximate surface area is 142 Å². The number of carbonyl (C=O) groups excluding carboxylic acids is 3. The predicted octanol–water partition coefficient (Wildman–Crippen LogP) is -2.38. The van der Waals surface area contributed by atoms with Gasteiger partial charge in [0.1, 0.15) is 12.1 Å². The van der Waals surface area contributed by atoms with Gasteiger partial charge in [-0.25, -0.2) is 4.79 Å². The van der Waals surface area contributed by atoms with Gasteiger partial charge >= 0.3 is 6.03 Å². The standard InChI is InChI=1S/C13H22N6O6/c1-5(21)10(6(2)22)17-13(24)16-8(3-9(15)23)12-18-11(19-25-12)7(14)4-20/h5,7-8,10,20-21H,3-4,14H2,1-2H3,(H2,15,23)(H2,16,17,24)/t5?,7-,8?,10-/m0/s1. The van der Waals surface area contributed by atoms with Gasteiger partial charge in [0, 0.05) is 0 Å². The van der Waals surface area contributed by atoms with Gasteiger partial charge in [0.05, 0.1) is 25.2 Å². The molecule has 8 N–H and O–H groups in total. The first-order valence-corrected chi connectivity index (χ1v) is 7.39. The molecule has 1 rings (SSSR count). The van der Waals surface area contributed by atoms with Crippen LogP contribution in [0.2, 0.25) is 0 Å². The fourth-order valence-electron chi connectivity index (χ4n) is 1.93. The first-order valence-electron chi connectivity index (χ1n) is 7.39. The van der Waals surface area contributed by atoms with Crippen molar-refractivity contribution in [3.63, 3.8) is 0 Å². The van der Waals surface area contributed by atoms with E-state index in [4.69, 9.17) is 21.1 Å². The fraction of sp³-hybridized carbons (Fsp3) is 0.615. The van der Waals surface area contributed by atoms with Gasteiger partial charge in [0.15, 0.2) is 11.6 Å². The third kappa shape index (κ3) is 6.10. The van der Waals surface area contributed by atoms with Crippen LogP contribution in [0.1, 0.15) is 44.1 Å². The number of primary amides is 1. The zero-order valence-electron chi connectivity index (χ0n) is 13.8. The minimum Gasteiger partial charge on any atom is -0.394 e. The van der Waals surface area contributed by atoms with Crippen molar-refractivity contribution in [3.05, 3.63) is 11.7 Å². The Hall–Kier alpha value is -2.57. The number of nitrogens with one attached hydrogen (secondary N) is 2. The average molecular weight is 358 g/mol. The number of hydrogen-bond acceptors (Lipinski definition) is 9. The SMILES string of the molecule is CC(=O)[C@@H](NC(=O)NC(CC(N)=O)c1nc([C@@H](N)CO)no1)C(C)O. The molecule has 1 aromatic heterocycles. The second-order valence-corrected chi connectivity index (χ2v) is 5.45. The van der Waals surface area contributed by atoms with E-state index in [2.05, 4.69) is 20.8 Å². The summed E-state index contributed by atoms with van der Waals surface area (Å²) in [5.41, 5.74) is 10.7. The number of urea groups is 1. The Bertz CT molecular complexity index is 618. The van der Waals surface area contributed by atoms with E-state index in [0.29, 0.717) is 0 Å². The summed E-state index contributed by atoms with van der Waals surface area (Å²) in [6.07, 6.45) is -1.47. The highest BCUT2D eigenvalue weighted by molar-refractivity contribution is 5.87. The van der Waals surface area contributed by atoms with Crippen LogP contribution in [-0.2, 0) is 9.59 Å². The molecule has 12 nitrogen and oxygen atoms in total. The van der Waals surface area contributed by atoms with Gasteiger partial charge in [0.2, 0.25) is 11.8 Å². The number of nitrogens with two attached hydrogens (primary N) is 2. The summed E-state index contributed by atoms with van der Waals surface area (Å²) in [4.78, 5) is 38.6. The molecule has 0 aliphatic carbocycles. The highest BCUT2D eigenvalue weighted by Crippen LogP contribution is 2.16. The quantitative estimate of drug-likeness (QED) is 0.278. The molecule has 25 heavy (non-hydrogen) atoms. The van der Waals surface area contributed by atoms with Gasteiger partial charge in [-0.2, -0.15) is 4.98 Å². The molecule has 0 spiro atoms. The Morgan fingerprint density at radius 3 is 2.44 bits per heavy atom. The Morgan fingerprint density at radius 2 is 1.96 bits per heavy atom. The van der Waals surface area contributed by atoms with Gasteiger partial charge in [-0.05, 0) is 13.8 Å². The number of ketones is 1. The number of aromatic nitrogens is 2. The second-order valence-electron chi connectivity index (χ2n) is 5.45. The Morgan fingerprint density at radius 1 is 1.32 bits per heavy atom. The predicted molar refractivity (Wildman–Crippen MR) is 82.7 cm³/mol. The van der Waals surface area contributed by atoms with Crippen LogP contribution < -0.4 is 22.1 Å². The number of amides is 3. The van der Waals surface area contributed by atoms with E-state index in [9.17, 15) is 19.5 Å². The van der Waals surface area contributed by atoms with Crippen LogP contribution in [0.3, 0.4) is 0 Å². The number of Topliss-reactive ketones (excluding diaryl/α,β-unsaturated/α-hetero) is 1. The van der Waals surface area contributed by atoms with E-state index in [1.54, 1.807) is 0 Å². The van der Waals surface area contributed by atoms with Crippen LogP contribution in [0.25, 0.3) is 0 Å². The van der Waals surface area contributed by atoms with Crippen molar-refractivity contribution in [2.45, 2.75) is 44.5 Å². The fourth-order valence-corrected chi connectivity index (χ4v) is 1.93. The molecule has 0 fully saturated rings. The summed E-state index contributed by atoms with van der Waals surface area (Å²) in [6.45, 7) is 2.12. The van der Waals surface area contributed by atoms with Gasteiger partial charge in [0.25, 0.3) is 0 Å². The van der Waals surface area contributed by atoms with Crippen molar-refractivity contribution in [1.29, 1.82) is 0 Å². The zero-order chi connectivity index (χ0) is 19.1. The molecular weight excluding hydrogens is 336 g/mol. The summed E-state index contributed by atoms with van der Waals surface area (Å²) < 4.78 is 4.93. The largest absolute Gasteiger partial charge is 0.394 e. The molecule has 0 bridgehead atoms. The molecule has 0 radical (unpaired) electrons. The maximum atomic E-state index is 12.0. The molecule has 2 unspecified atom stereocenters. The highest BCUT2D eigenvalue weighted by atomic mass is 16.5. The lowest BCUT2D eigenvalue weighted by Crippen LogP contribution is -2.51. The number of rotatable bonds is 9. The lowest BCUT2D eigenvalue weighted by molar-refractivity contribution is -0.121. The average Bonchev–Trinajstić information content (AvgIpc) is 3.00. The van der Waals surface area contributed by atoms with Gasteiger partial charge in [-0.1, -0.05) is 5.16 Å². The number of nitrogens with zero attached hydrogens (tertiary/aromatic N) is 2. The maximum absolute atomic E-state index is 12.0. The summed E-state index contributed by atoms with van der Waals surface area (Å²) in [5, 5.41) is 26.7. The van der Waals surface area contributed by atoms with Crippen molar-refractivity contribution in [1.82, 2.24) is 20.8 Å². The van der Waals surface area contributed by atoms with E-state index >= 15 is 0 Å². The van der Waals surface area contributed by atoms with E-state index in [0.717, 1.165) is 0 Å². The molecule has 12 heteroatoms. The topological polar surface area (TPSA) is 207 Å². The van der Waals surface area contributed by atoms with Crippen molar-refractivity contribution in [2.24, 2.45) is 11.5 Å². The molecule has 4 atom stereocenters. The highest BCUT2D eigenvalue weighted by Gasteiger charge is 2.27. The first-order chi connectivity index (χ1) is 11.6. The monoisotopic (exact) mass is 358 g/mol. The Kier molecular flexibility index (Phi) is 7.42. The van der Waals surface area contributed by atoms with E-state index < -0.39 is 48.6 Å². The maximum Gasteiger partial charge on any atom is 0.316 e. The van der Waals surface area contributed by atoms with Gasteiger partial charge in [-0.15, -0.1) is 0 Å². The molecule has 140 valence electrons. The molecular formula is C13H22N6O6. The van der Waals surface area contributed by atoms with Crippen LogP contribution in [0, 0.1) is 0 Å². The smallest absolute Gasteiger partial charge is 0.316 e. The van der Waals surface area contributed by atoms with Crippen molar-refractivity contribution in [3.8, 4) is 0 Å². The van der Waals surface area contributed by atoms with Crippen LogP contribution in [-0.4, -0.2) is 56.8 Å². The van der Waals surface area contributed by atoms with Gasteiger partial charge in [-0.3, -0.25) is 9.59 Å². The molecule has 1 aromatic rings. The van der Waals surface area contributed by atoms with Crippen molar-refractivity contribution < 1.29 is 29.1 Å². The minimum atomic E-state index is -1.13. The van der Waals surface area contributed by atoms with Crippen LogP contribution in [0.4, 0.5) is 4.79 Å². The van der Waals surface area contributed by atoms with E-state index in [1.807, 2.05) is 0 Å². The van der Waals surface area contributed by atoms with E-state index in [1.165, 1.54) is 13.8 Å². The normalized spacial score (nSPS) is 15.7. The zero-order valence-corrected chi connectivity index (χ0v) is 13.8. The first kappa shape index (κ1) is 20.5. The minimum absolute atomic E-state index is 0.0141. The summed E-state index contributed by atoms with van der Waals surface area (Å²) >= 11 is 0. The number of aliphatic hydroxyl groups excluding tert-OH is 2. The third-order valence-corrected chi connectivity index (χ3v) is 3.20. The van der Waals surface area contributed by atoms with E-state index in [-0.39, 0.29) is 18.1 Å². The summed E-state index contributed by atoms with van der Waals surface area (Å²) in [5.74, 6) is -1.37. The van der Waals surface area contributed by atoms with Gasteiger partial charge < -0.3 is 36.8 Å². The molecule has 3 amide bonds.